The van der Waals surface area contributed by atoms with E-state index in [0.29, 0.717) is 47.7 Å². The van der Waals surface area contributed by atoms with Crippen LogP contribution < -0.4 is 24.4 Å². The number of carbonyl (C=O) groups is 3. The van der Waals surface area contributed by atoms with Crippen LogP contribution in [0.5, 0.6) is 17.2 Å². The molecule has 0 spiro atoms. The summed E-state index contributed by atoms with van der Waals surface area (Å²) in [5, 5.41) is 2.68. The standard InChI is InChI=1S/C30H37ClN2O6/c1-4-7-8-9-10-11-17-39-25-14-12-22(31)18-21(25)19-24-28(34)32-30(36)33(29(24)35)23-13-15-26(38-16-5-2)27(20-23)37-6-3/h12-15,18-20H,4-11,16-17H2,1-3H3,(H,32,34,36)/b24-19+. The maximum Gasteiger partial charge on any atom is 0.335 e. The van der Waals surface area contributed by atoms with Gasteiger partial charge in [0.2, 0.25) is 0 Å². The highest BCUT2D eigenvalue weighted by Gasteiger charge is 2.37. The van der Waals surface area contributed by atoms with Gasteiger partial charge in [0.25, 0.3) is 11.8 Å². The van der Waals surface area contributed by atoms with Gasteiger partial charge in [-0.1, -0.05) is 57.6 Å². The number of urea groups is 1. The number of amides is 4. The second-order valence-corrected chi connectivity index (χ2v) is 9.61. The van der Waals surface area contributed by atoms with Crippen molar-refractivity contribution in [1.29, 1.82) is 0 Å². The van der Waals surface area contributed by atoms with Crippen LogP contribution >= 0.6 is 11.6 Å². The number of benzene rings is 2. The van der Waals surface area contributed by atoms with Crippen molar-refractivity contribution in [3.63, 3.8) is 0 Å². The van der Waals surface area contributed by atoms with E-state index >= 15 is 0 Å². The average molecular weight is 557 g/mol. The Balaban J connectivity index is 1.85. The highest BCUT2D eigenvalue weighted by molar-refractivity contribution is 6.39. The van der Waals surface area contributed by atoms with Gasteiger partial charge in [-0.15, -0.1) is 0 Å². The first-order valence-corrected chi connectivity index (χ1v) is 14.0. The second-order valence-electron chi connectivity index (χ2n) is 9.17. The Labute approximate surface area is 235 Å². The first-order chi connectivity index (χ1) is 18.9. The van der Waals surface area contributed by atoms with Crippen molar-refractivity contribution in [1.82, 2.24) is 5.32 Å². The van der Waals surface area contributed by atoms with Gasteiger partial charge >= 0.3 is 6.03 Å². The lowest BCUT2D eigenvalue weighted by molar-refractivity contribution is -0.122. The van der Waals surface area contributed by atoms with Gasteiger partial charge in [0.05, 0.1) is 25.5 Å². The third kappa shape index (κ3) is 8.23. The third-order valence-corrected chi connectivity index (χ3v) is 6.31. The summed E-state index contributed by atoms with van der Waals surface area (Å²) in [4.78, 5) is 39.9. The van der Waals surface area contributed by atoms with E-state index in [0.717, 1.165) is 30.6 Å². The molecule has 39 heavy (non-hydrogen) atoms. The maximum absolute atomic E-state index is 13.5. The molecule has 1 N–H and O–H groups in total. The minimum absolute atomic E-state index is 0.217. The largest absolute Gasteiger partial charge is 0.493 e. The van der Waals surface area contributed by atoms with Crippen molar-refractivity contribution in [3.8, 4) is 17.2 Å². The van der Waals surface area contributed by atoms with Gasteiger partial charge in [0, 0.05) is 16.7 Å². The lowest BCUT2D eigenvalue weighted by Crippen LogP contribution is -2.54. The summed E-state index contributed by atoms with van der Waals surface area (Å²) < 4.78 is 17.4. The average Bonchev–Trinajstić information content (AvgIpc) is 2.91. The summed E-state index contributed by atoms with van der Waals surface area (Å²) in [5.41, 5.74) is 0.499. The van der Waals surface area contributed by atoms with Crippen LogP contribution in [0.25, 0.3) is 6.08 Å². The molecule has 0 aliphatic carbocycles. The fourth-order valence-corrected chi connectivity index (χ4v) is 4.29. The van der Waals surface area contributed by atoms with E-state index in [1.807, 2.05) is 13.8 Å². The molecule has 1 saturated heterocycles. The molecule has 0 saturated carbocycles. The van der Waals surface area contributed by atoms with Crippen LogP contribution in [0.15, 0.2) is 42.0 Å². The molecule has 1 fully saturated rings. The molecule has 0 bridgehead atoms. The van der Waals surface area contributed by atoms with Gasteiger partial charge in [-0.2, -0.15) is 0 Å². The van der Waals surface area contributed by atoms with E-state index < -0.39 is 17.8 Å². The van der Waals surface area contributed by atoms with E-state index in [1.54, 1.807) is 36.4 Å². The number of unbranched alkanes of at least 4 members (excludes halogenated alkanes) is 5. The van der Waals surface area contributed by atoms with Gasteiger partial charge in [-0.05, 0) is 56.2 Å². The Kier molecular flexibility index (Phi) is 11.7. The van der Waals surface area contributed by atoms with Crippen molar-refractivity contribution < 1.29 is 28.6 Å². The molecule has 3 rings (SSSR count). The Bertz CT molecular complexity index is 1200. The number of carbonyl (C=O) groups excluding carboxylic acids is 3. The number of nitrogens with one attached hydrogen (secondary N) is 1. The number of anilines is 1. The van der Waals surface area contributed by atoms with Crippen LogP contribution in [0.1, 0.15) is 71.3 Å². The number of halogens is 1. The number of rotatable bonds is 15. The molecular formula is C30H37ClN2O6. The van der Waals surface area contributed by atoms with Crippen LogP contribution in [0.3, 0.4) is 0 Å². The fraction of sp³-hybridized carbons (Fsp3) is 0.433. The molecule has 0 unspecified atom stereocenters. The topological polar surface area (TPSA) is 94.2 Å². The van der Waals surface area contributed by atoms with Gasteiger partial charge in [0.1, 0.15) is 11.3 Å². The van der Waals surface area contributed by atoms with Gasteiger partial charge < -0.3 is 14.2 Å². The summed E-state index contributed by atoms with van der Waals surface area (Å²) in [6, 6.07) is 8.94. The van der Waals surface area contributed by atoms with Crippen molar-refractivity contribution in [2.45, 2.75) is 65.7 Å². The molecular weight excluding hydrogens is 520 g/mol. The molecule has 4 amide bonds. The molecule has 2 aromatic rings. The minimum Gasteiger partial charge on any atom is -0.493 e. The summed E-state index contributed by atoms with van der Waals surface area (Å²) in [7, 11) is 0. The molecule has 1 heterocycles. The predicted octanol–water partition coefficient (Wildman–Crippen LogP) is 6.93. The van der Waals surface area contributed by atoms with E-state index in [4.69, 9.17) is 25.8 Å². The van der Waals surface area contributed by atoms with E-state index in [-0.39, 0.29) is 11.3 Å². The molecule has 8 nitrogen and oxygen atoms in total. The van der Waals surface area contributed by atoms with Gasteiger partial charge in [-0.25, -0.2) is 9.69 Å². The third-order valence-electron chi connectivity index (χ3n) is 6.08. The number of hydrogen-bond acceptors (Lipinski definition) is 6. The lowest BCUT2D eigenvalue weighted by Gasteiger charge is -2.27. The van der Waals surface area contributed by atoms with E-state index in [1.165, 1.54) is 25.3 Å². The molecule has 210 valence electrons. The number of imide groups is 2. The highest BCUT2D eigenvalue weighted by atomic mass is 35.5. The second kappa shape index (κ2) is 15.2. The smallest absolute Gasteiger partial charge is 0.335 e. The number of hydrogen-bond donors (Lipinski definition) is 1. The van der Waals surface area contributed by atoms with Crippen LogP contribution in [0.2, 0.25) is 5.02 Å². The maximum atomic E-state index is 13.5. The van der Waals surface area contributed by atoms with Crippen LogP contribution in [-0.4, -0.2) is 37.7 Å². The first kappa shape index (κ1) is 30.0. The minimum atomic E-state index is -0.850. The summed E-state index contributed by atoms with van der Waals surface area (Å²) in [5.74, 6) is -0.163. The normalized spacial score (nSPS) is 14.5. The zero-order valence-electron chi connectivity index (χ0n) is 22.9. The first-order valence-electron chi connectivity index (χ1n) is 13.6. The van der Waals surface area contributed by atoms with E-state index in [9.17, 15) is 14.4 Å². The Morgan fingerprint density at radius 1 is 0.795 bits per heavy atom. The van der Waals surface area contributed by atoms with Crippen molar-refractivity contribution in [3.05, 3.63) is 52.6 Å². The molecule has 0 atom stereocenters. The SMILES string of the molecule is CCCCCCCCOc1ccc(Cl)cc1/C=C1\C(=O)NC(=O)N(c2ccc(OCCC)c(OCC)c2)C1=O. The van der Waals surface area contributed by atoms with Crippen LogP contribution in [0.4, 0.5) is 10.5 Å². The summed E-state index contributed by atoms with van der Waals surface area (Å²) in [6.07, 6.45) is 8.96. The molecule has 0 aromatic heterocycles. The zero-order chi connectivity index (χ0) is 28.2. The lowest BCUT2D eigenvalue weighted by atomic mass is 10.1. The highest BCUT2D eigenvalue weighted by Crippen LogP contribution is 2.34. The molecule has 2 aromatic carbocycles. The Morgan fingerprint density at radius 2 is 1.51 bits per heavy atom. The van der Waals surface area contributed by atoms with Crippen molar-refractivity contribution in [2.24, 2.45) is 0 Å². The van der Waals surface area contributed by atoms with Gasteiger partial charge in [-0.3, -0.25) is 14.9 Å². The van der Waals surface area contributed by atoms with E-state index in [2.05, 4.69) is 12.2 Å². The zero-order valence-corrected chi connectivity index (χ0v) is 23.6. The Morgan fingerprint density at radius 3 is 2.26 bits per heavy atom. The van der Waals surface area contributed by atoms with Crippen LogP contribution in [0, 0.1) is 0 Å². The van der Waals surface area contributed by atoms with Crippen molar-refractivity contribution in [2.75, 3.05) is 24.7 Å². The molecule has 1 aliphatic rings. The van der Waals surface area contributed by atoms with Crippen LogP contribution in [-0.2, 0) is 9.59 Å². The van der Waals surface area contributed by atoms with Gasteiger partial charge in [0.15, 0.2) is 11.5 Å². The molecule has 9 heteroatoms. The summed E-state index contributed by atoms with van der Waals surface area (Å²) in [6.45, 7) is 7.36. The predicted molar refractivity (Wildman–Crippen MR) is 153 cm³/mol. The number of nitrogens with zero attached hydrogens (tertiary/aromatic N) is 1. The Hall–Kier alpha value is -3.52. The van der Waals surface area contributed by atoms with Crippen molar-refractivity contribution >= 4 is 41.2 Å². The number of ether oxygens (including phenoxy) is 3. The monoisotopic (exact) mass is 556 g/mol. The quantitative estimate of drug-likeness (QED) is 0.145. The molecule has 0 radical (unpaired) electrons. The fourth-order valence-electron chi connectivity index (χ4n) is 4.11. The number of barbiturate groups is 1. The molecule has 1 aliphatic heterocycles. The summed E-state index contributed by atoms with van der Waals surface area (Å²) >= 11 is 6.22.